The van der Waals surface area contributed by atoms with E-state index in [0.29, 0.717) is 6.54 Å². The van der Waals surface area contributed by atoms with Crippen molar-refractivity contribution >= 4 is 5.96 Å². The van der Waals surface area contributed by atoms with Crippen molar-refractivity contribution in [2.75, 3.05) is 52.4 Å². The normalized spacial score (nSPS) is 20.2. The molecule has 3 rings (SSSR count). The van der Waals surface area contributed by atoms with E-state index < -0.39 is 0 Å². The van der Waals surface area contributed by atoms with Crippen molar-refractivity contribution in [2.45, 2.75) is 52.8 Å². The molecule has 0 aliphatic carbocycles. The first kappa shape index (κ1) is 23.0. The molecule has 2 N–H and O–H groups in total. The molecule has 0 aromatic heterocycles. The van der Waals surface area contributed by atoms with E-state index in [0.717, 1.165) is 77.1 Å². The van der Waals surface area contributed by atoms with Gasteiger partial charge in [0.25, 0.3) is 0 Å². The second-order valence-corrected chi connectivity index (χ2v) is 9.18. The maximum atomic E-state index is 9.66. The number of aliphatic imine (C=N–C) groups is 1. The van der Waals surface area contributed by atoms with Crippen LogP contribution in [0.2, 0.25) is 0 Å². The Morgan fingerprint density at radius 3 is 2.23 bits per heavy atom. The number of nitrogens with one attached hydrogen (secondary N) is 1. The lowest BCUT2D eigenvalue weighted by Gasteiger charge is -2.37. The van der Waals surface area contributed by atoms with Gasteiger partial charge in [0.1, 0.15) is 0 Å². The zero-order chi connectivity index (χ0) is 21.3. The van der Waals surface area contributed by atoms with Crippen LogP contribution in [0.25, 0.3) is 0 Å². The predicted molar refractivity (Wildman–Crippen MR) is 125 cm³/mol. The molecule has 6 heteroatoms. The molecule has 168 valence electrons. The number of piperidine rings is 1. The van der Waals surface area contributed by atoms with E-state index >= 15 is 0 Å². The number of likely N-dealkylation sites (tertiary alicyclic amines) is 1. The van der Waals surface area contributed by atoms with Crippen molar-refractivity contribution in [1.82, 2.24) is 20.0 Å². The summed E-state index contributed by atoms with van der Waals surface area (Å²) in [7, 11) is 0. The number of piperazine rings is 1. The van der Waals surface area contributed by atoms with Gasteiger partial charge in [-0.2, -0.15) is 0 Å². The monoisotopic (exact) mass is 415 g/mol. The van der Waals surface area contributed by atoms with Gasteiger partial charge in [-0.3, -0.25) is 9.80 Å². The van der Waals surface area contributed by atoms with E-state index in [2.05, 4.69) is 65.1 Å². The SMILES string of the molecule is CCNC(=NCc1ccc(CN2CCC(O)CC2)cc1)N1CCN(CC(C)C)CC1. The average Bonchev–Trinajstić information content (AvgIpc) is 2.74. The molecule has 0 spiro atoms. The molecular formula is C24H41N5O. The van der Waals surface area contributed by atoms with Crippen molar-refractivity contribution in [2.24, 2.45) is 10.9 Å². The number of aliphatic hydroxyl groups is 1. The Balaban J connectivity index is 1.51. The fourth-order valence-corrected chi connectivity index (χ4v) is 4.34. The molecule has 30 heavy (non-hydrogen) atoms. The Bertz CT molecular complexity index is 644. The Hall–Kier alpha value is -1.63. The smallest absolute Gasteiger partial charge is 0.194 e. The topological polar surface area (TPSA) is 54.3 Å². The third kappa shape index (κ3) is 7.25. The van der Waals surface area contributed by atoms with Crippen molar-refractivity contribution < 1.29 is 5.11 Å². The molecule has 0 atom stereocenters. The van der Waals surface area contributed by atoms with Crippen LogP contribution in [0.5, 0.6) is 0 Å². The van der Waals surface area contributed by atoms with Gasteiger partial charge < -0.3 is 15.3 Å². The molecule has 0 radical (unpaired) electrons. The number of benzene rings is 1. The number of nitrogens with zero attached hydrogens (tertiary/aromatic N) is 4. The predicted octanol–water partition coefficient (Wildman–Crippen LogP) is 2.38. The van der Waals surface area contributed by atoms with Crippen LogP contribution in [-0.4, -0.2) is 84.2 Å². The first-order valence-electron chi connectivity index (χ1n) is 11.8. The third-order valence-corrected chi connectivity index (χ3v) is 6.03. The molecule has 0 saturated carbocycles. The quantitative estimate of drug-likeness (QED) is 0.529. The zero-order valence-corrected chi connectivity index (χ0v) is 19.2. The summed E-state index contributed by atoms with van der Waals surface area (Å²) in [4.78, 5) is 12.3. The highest BCUT2D eigenvalue weighted by Crippen LogP contribution is 2.15. The average molecular weight is 416 g/mol. The second kappa shape index (κ2) is 11.7. The molecule has 2 aliphatic rings. The Kier molecular flexibility index (Phi) is 8.97. The summed E-state index contributed by atoms with van der Waals surface area (Å²) in [6.45, 7) is 16.8. The van der Waals surface area contributed by atoms with Gasteiger partial charge in [-0.25, -0.2) is 4.99 Å². The molecule has 1 aromatic rings. The van der Waals surface area contributed by atoms with E-state index in [9.17, 15) is 5.11 Å². The molecule has 2 aliphatic heterocycles. The van der Waals surface area contributed by atoms with Crippen LogP contribution in [0.1, 0.15) is 44.7 Å². The molecule has 6 nitrogen and oxygen atoms in total. The van der Waals surface area contributed by atoms with Crippen molar-refractivity contribution in [1.29, 1.82) is 0 Å². The summed E-state index contributed by atoms with van der Waals surface area (Å²) in [6, 6.07) is 8.88. The van der Waals surface area contributed by atoms with Crippen LogP contribution >= 0.6 is 0 Å². The van der Waals surface area contributed by atoms with Crippen LogP contribution in [-0.2, 0) is 13.1 Å². The summed E-state index contributed by atoms with van der Waals surface area (Å²) >= 11 is 0. The maximum Gasteiger partial charge on any atom is 0.194 e. The summed E-state index contributed by atoms with van der Waals surface area (Å²) < 4.78 is 0. The number of guanidine groups is 1. The van der Waals surface area contributed by atoms with Gasteiger partial charge in [-0.15, -0.1) is 0 Å². The lowest BCUT2D eigenvalue weighted by atomic mass is 10.1. The lowest BCUT2D eigenvalue weighted by Crippen LogP contribution is -2.53. The van der Waals surface area contributed by atoms with E-state index in [4.69, 9.17) is 4.99 Å². The summed E-state index contributed by atoms with van der Waals surface area (Å²) in [5, 5.41) is 13.1. The van der Waals surface area contributed by atoms with E-state index in [-0.39, 0.29) is 6.10 Å². The highest BCUT2D eigenvalue weighted by molar-refractivity contribution is 5.80. The molecule has 0 unspecified atom stereocenters. The van der Waals surface area contributed by atoms with Crippen LogP contribution < -0.4 is 5.32 Å². The summed E-state index contributed by atoms with van der Waals surface area (Å²) in [5.74, 6) is 1.76. The highest BCUT2D eigenvalue weighted by atomic mass is 16.3. The number of aliphatic hydroxyl groups excluding tert-OH is 1. The van der Waals surface area contributed by atoms with Gasteiger partial charge in [0.15, 0.2) is 5.96 Å². The van der Waals surface area contributed by atoms with Gasteiger partial charge in [-0.1, -0.05) is 38.1 Å². The van der Waals surface area contributed by atoms with Crippen molar-refractivity contribution in [3.63, 3.8) is 0 Å². The molecule has 0 amide bonds. The molecule has 0 bridgehead atoms. The van der Waals surface area contributed by atoms with Gasteiger partial charge >= 0.3 is 0 Å². The Labute approximate surface area is 183 Å². The first-order valence-corrected chi connectivity index (χ1v) is 11.8. The van der Waals surface area contributed by atoms with Crippen LogP contribution in [0.15, 0.2) is 29.3 Å². The third-order valence-electron chi connectivity index (χ3n) is 6.03. The zero-order valence-electron chi connectivity index (χ0n) is 19.2. The van der Waals surface area contributed by atoms with Crippen LogP contribution in [0, 0.1) is 5.92 Å². The van der Waals surface area contributed by atoms with Crippen LogP contribution in [0.3, 0.4) is 0 Å². The first-order chi connectivity index (χ1) is 14.5. The molecule has 2 saturated heterocycles. The van der Waals surface area contributed by atoms with E-state index in [1.165, 1.54) is 17.7 Å². The van der Waals surface area contributed by atoms with Crippen molar-refractivity contribution in [3.05, 3.63) is 35.4 Å². The highest BCUT2D eigenvalue weighted by Gasteiger charge is 2.20. The largest absolute Gasteiger partial charge is 0.393 e. The lowest BCUT2D eigenvalue weighted by molar-refractivity contribution is 0.0792. The standard InChI is InChI=1S/C24H41N5O/c1-4-25-24(29-15-13-28(14-16-29)18-20(2)3)26-17-21-5-7-22(8-6-21)19-27-11-9-23(30)10-12-27/h5-8,20,23,30H,4,9-19H2,1-3H3,(H,25,26). The maximum absolute atomic E-state index is 9.66. The fraction of sp³-hybridized carbons (Fsp3) is 0.708. The fourth-order valence-electron chi connectivity index (χ4n) is 4.34. The van der Waals surface area contributed by atoms with Crippen molar-refractivity contribution in [3.8, 4) is 0 Å². The Morgan fingerprint density at radius 1 is 1.00 bits per heavy atom. The minimum absolute atomic E-state index is 0.106. The molecular weight excluding hydrogens is 374 g/mol. The van der Waals surface area contributed by atoms with Gasteiger partial charge in [0.05, 0.1) is 12.6 Å². The van der Waals surface area contributed by atoms with Gasteiger partial charge in [-0.05, 0) is 36.8 Å². The minimum Gasteiger partial charge on any atom is -0.393 e. The molecule has 2 fully saturated rings. The molecule has 2 heterocycles. The minimum atomic E-state index is -0.106. The van der Waals surface area contributed by atoms with E-state index in [1.54, 1.807) is 0 Å². The number of rotatable bonds is 7. The van der Waals surface area contributed by atoms with Gasteiger partial charge in [0, 0.05) is 58.9 Å². The number of hydrogen-bond donors (Lipinski definition) is 2. The number of hydrogen-bond acceptors (Lipinski definition) is 4. The van der Waals surface area contributed by atoms with Gasteiger partial charge in [0.2, 0.25) is 0 Å². The summed E-state index contributed by atoms with van der Waals surface area (Å²) in [6.07, 6.45) is 1.68. The van der Waals surface area contributed by atoms with E-state index in [1.807, 2.05) is 0 Å². The van der Waals surface area contributed by atoms with Crippen LogP contribution in [0.4, 0.5) is 0 Å². The Morgan fingerprint density at radius 2 is 1.63 bits per heavy atom. The summed E-state index contributed by atoms with van der Waals surface area (Å²) in [5.41, 5.74) is 2.59. The molecule has 1 aromatic carbocycles. The second-order valence-electron chi connectivity index (χ2n) is 9.18.